The van der Waals surface area contributed by atoms with Crippen LogP contribution in [0.4, 0.5) is 17.1 Å². The lowest BCUT2D eigenvalue weighted by Crippen LogP contribution is -2.42. The highest BCUT2D eigenvalue weighted by atomic mass is 16.2. The number of rotatable bonds is 7. The molecule has 7 nitrogen and oxygen atoms in total. The van der Waals surface area contributed by atoms with Gasteiger partial charge in [0.1, 0.15) is 0 Å². The Kier molecular flexibility index (Phi) is 6.61. The molecule has 29 heavy (non-hydrogen) atoms. The summed E-state index contributed by atoms with van der Waals surface area (Å²) in [6, 6.07) is 14.8. The van der Waals surface area contributed by atoms with Gasteiger partial charge in [0.15, 0.2) is 0 Å². The van der Waals surface area contributed by atoms with E-state index >= 15 is 0 Å². The van der Waals surface area contributed by atoms with Crippen LogP contribution in [0.5, 0.6) is 0 Å². The normalized spacial score (nSPS) is 12.6. The summed E-state index contributed by atoms with van der Waals surface area (Å²) in [6.45, 7) is 4.97. The van der Waals surface area contributed by atoms with Crippen LogP contribution < -0.4 is 15.5 Å². The first-order chi connectivity index (χ1) is 14.0. The number of nitrogens with zero attached hydrogens (tertiary/aromatic N) is 2. The van der Waals surface area contributed by atoms with Gasteiger partial charge >= 0.3 is 0 Å². The van der Waals surface area contributed by atoms with Crippen molar-refractivity contribution in [1.29, 1.82) is 0 Å². The molecule has 152 valence electrons. The fraction of sp³-hybridized carbons (Fsp3) is 0.318. The molecule has 0 bridgehead atoms. The van der Waals surface area contributed by atoms with Gasteiger partial charge in [0.25, 0.3) is 0 Å². The molecule has 0 saturated heterocycles. The minimum absolute atomic E-state index is 0.00394. The van der Waals surface area contributed by atoms with Crippen LogP contribution in [0.15, 0.2) is 48.5 Å². The third-order valence-electron chi connectivity index (χ3n) is 4.85. The van der Waals surface area contributed by atoms with E-state index in [2.05, 4.69) is 10.6 Å². The van der Waals surface area contributed by atoms with E-state index in [4.69, 9.17) is 0 Å². The van der Waals surface area contributed by atoms with Gasteiger partial charge in [-0.15, -0.1) is 0 Å². The fourth-order valence-corrected chi connectivity index (χ4v) is 3.40. The Labute approximate surface area is 170 Å². The average molecular weight is 394 g/mol. The van der Waals surface area contributed by atoms with Gasteiger partial charge in [0.2, 0.25) is 17.7 Å². The first kappa shape index (κ1) is 20.5. The van der Waals surface area contributed by atoms with Crippen LogP contribution in [-0.4, -0.2) is 48.8 Å². The standard InChI is InChI=1S/C22H26N4O3/c1-3-25(15-22(29)26-13-12-17-6-4-5-7-20(17)26)14-21(28)24-19-10-8-18(9-11-19)23-16(2)27/h4-11H,3,12-15H2,1-2H3,(H,23,27)(H,24,28). The molecule has 1 aliphatic heterocycles. The summed E-state index contributed by atoms with van der Waals surface area (Å²) in [5.41, 5.74) is 3.46. The van der Waals surface area contributed by atoms with Gasteiger partial charge in [-0.05, 0) is 48.9 Å². The molecule has 0 saturated carbocycles. The Morgan fingerprint density at radius 1 is 0.966 bits per heavy atom. The number of benzene rings is 2. The molecule has 0 aromatic heterocycles. The first-order valence-electron chi connectivity index (χ1n) is 9.74. The van der Waals surface area contributed by atoms with Crippen LogP contribution in [-0.2, 0) is 20.8 Å². The molecule has 1 aliphatic rings. The number of fused-ring (bicyclic) bond motifs is 1. The summed E-state index contributed by atoms with van der Waals surface area (Å²) < 4.78 is 0. The number of hydrogen-bond acceptors (Lipinski definition) is 4. The van der Waals surface area contributed by atoms with Gasteiger partial charge in [-0.1, -0.05) is 25.1 Å². The van der Waals surface area contributed by atoms with E-state index in [1.54, 1.807) is 29.2 Å². The number of anilines is 3. The molecular formula is C22H26N4O3. The summed E-state index contributed by atoms with van der Waals surface area (Å²) in [6.07, 6.45) is 0.864. The smallest absolute Gasteiger partial charge is 0.241 e. The lowest BCUT2D eigenvalue weighted by atomic mass is 10.2. The van der Waals surface area contributed by atoms with Crippen LogP contribution in [0.1, 0.15) is 19.4 Å². The van der Waals surface area contributed by atoms with Gasteiger partial charge < -0.3 is 15.5 Å². The zero-order valence-corrected chi connectivity index (χ0v) is 16.8. The van der Waals surface area contributed by atoms with Crippen molar-refractivity contribution in [3.63, 3.8) is 0 Å². The van der Waals surface area contributed by atoms with E-state index in [0.29, 0.717) is 24.5 Å². The van der Waals surface area contributed by atoms with Crippen LogP contribution in [0, 0.1) is 0 Å². The Hall–Kier alpha value is -3.19. The van der Waals surface area contributed by atoms with Crippen LogP contribution in [0.2, 0.25) is 0 Å². The van der Waals surface area contributed by atoms with E-state index in [9.17, 15) is 14.4 Å². The highest BCUT2D eigenvalue weighted by Gasteiger charge is 2.25. The number of carbonyl (C=O) groups is 3. The van der Waals surface area contributed by atoms with Crippen LogP contribution in [0.3, 0.4) is 0 Å². The number of nitrogens with one attached hydrogen (secondary N) is 2. The van der Waals surface area contributed by atoms with Crippen molar-refractivity contribution in [2.24, 2.45) is 0 Å². The van der Waals surface area contributed by atoms with Gasteiger partial charge in [-0.25, -0.2) is 0 Å². The molecule has 7 heteroatoms. The van der Waals surface area contributed by atoms with Crippen molar-refractivity contribution in [3.8, 4) is 0 Å². The quantitative estimate of drug-likeness (QED) is 0.756. The zero-order chi connectivity index (χ0) is 20.8. The number of likely N-dealkylation sites (N-methyl/N-ethyl adjacent to an activating group) is 1. The molecule has 0 unspecified atom stereocenters. The first-order valence-corrected chi connectivity index (χ1v) is 9.74. The maximum atomic E-state index is 12.8. The zero-order valence-electron chi connectivity index (χ0n) is 16.8. The second kappa shape index (κ2) is 9.34. The van der Waals surface area contributed by atoms with E-state index in [0.717, 1.165) is 12.1 Å². The Bertz CT molecular complexity index is 895. The molecule has 0 radical (unpaired) electrons. The highest BCUT2D eigenvalue weighted by Crippen LogP contribution is 2.27. The van der Waals surface area contributed by atoms with E-state index in [1.165, 1.54) is 12.5 Å². The van der Waals surface area contributed by atoms with Crippen molar-refractivity contribution < 1.29 is 14.4 Å². The largest absolute Gasteiger partial charge is 0.326 e. The minimum atomic E-state index is -0.186. The maximum absolute atomic E-state index is 12.8. The second-order valence-electron chi connectivity index (χ2n) is 7.03. The fourth-order valence-electron chi connectivity index (χ4n) is 3.40. The van der Waals surface area contributed by atoms with Crippen molar-refractivity contribution in [2.45, 2.75) is 20.3 Å². The van der Waals surface area contributed by atoms with Gasteiger partial charge in [-0.2, -0.15) is 0 Å². The molecule has 2 N–H and O–H groups in total. The molecule has 3 rings (SSSR count). The van der Waals surface area contributed by atoms with E-state index in [-0.39, 0.29) is 30.8 Å². The van der Waals surface area contributed by atoms with E-state index in [1.807, 2.05) is 36.1 Å². The summed E-state index contributed by atoms with van der Waals surface area (Å²) in [7, 11) is 0. The molecule has 0 fully saturated rings. The number of carbonyl (C=O) groups excluding carboxylic acids is 3. The maximum Gasteiger partial charge on any atom is 0.241 e. The third kappa shape index (κ3) is 5.42. The molecular weight excluding hydrogens is 368 g/mol. The average Bonchev–Trinajstić information content (AvgIpc) is 3.13. The van der Waals surface area contributed by atoms with Crippen molar-refractivity contribution >= 4 is 34.8 Å². The van der Waals surface area contributed by atoms with Crippen LogP contribution in [0.25, 0.3) is 0 Å². The van der Waals surface area contributed by atoms with E-state index < -0.39 is 0 Å². The van der Waals surface area contributed by atoms with Gasteiger partial charge in [-0.3, -0.25) is 19.3 Å². The van der Waals surface area contributed by atoms with Crippen molar-refractivity contribution in [1.82, 2.24) is 4.90 Å². The second-order valence-corrected chi connectivity index (χ2v) is 7.03. The van der Waals surface area contributed by atoms with Crippen LogP contribution >= 0.6 is 0 Å². The SMILES string of the molecule is CCN(CC(=O)Nc1ccc(NC(C)=O)cc1)CC(=O)N1CCc2ccccc21. The lowest BCUT2D eigenvalue weighted by molar-refractivity contribution is -0.121. The Morgan fingerprint density at radius 3 is 2.28 bits per heavy atom. The minimum Gasteiger partial charge on any atom is -0.326 e. The molecule has 2 aromatic carbocycles. The number of hydrogen-bond donors (Lipinski definition) is 2. The molecule has 3 amide bonds. The third-order valence-corrected chi connectivity index (χ3v) is 4.85. The Morgan fingerprint density at radius 2 is 1.62 bits per heavy atom. The molecule has 1 heterocycles. The summed E-state index contributed by atoms with van der Waals surface area (Å²) in [5.74, 6) is -0.330. The summed E-state index contributed by atoms with van der Waals surface area (Å²) in [4.78, 5) is 39.8. The number of para-hydroxylation sites is 1. The molecule has 2 aromatic rings. The monoisotopic (exact) mass is 394 g/mol. The predicted octanol–water partition coefficient (Wildman–Crippen LogP) is 2.49. The molecule has 0 atom stereocenters. The lowest BCUT2D eigenvalue weighted by Gasteiger charge is -2.23. The highest BCUT2D eigenvalue weighted by molar-refractivity contribution is 5.98. The summed E-state index contributed by atoms with van der Waals surface area (Å²) in [5, 5.41) is 5.51. The topological polar surface area (TPSA) is 81.8 Å². The van der Waals surface area contributed by atoms with Crippen molar-refractivity contribution in [3.05, 3.63) is 54.1 Å². The van der Waals surface area contributed by atoms with Gasteiger partial charge in [0.05, 0.1) is 13.1 Å². The van der Waals surface area contributed by atoms with Gasteiger partial charge in [0, 0.05) is 30.5 Å². The number of amides is 3. The molecule has 0 aliphatic carbocycles. The summed E-state index contributed by atoms with van der Waals surface area (Å²) >= 11 is 0. The Balaban J connectivity index is 1.53. The van der Waals surface area contributed by atoms with Crippen molar-refractivity contribution in [2.75, 3.05) is 41.7 Å². The molecule has 0 spiro atoms. The predicted molar refractivity (Wildman–Crippen MR) is 114 cm³/mol.